The van der Waals surface area contributed by atoms with Crippen molar-refractivity contribution in [2.75, 3.05) is 6.54 Å². The van der Waals surface area contributed by atoms with Gasteiger partial charge >= 0.3 is 0 Å². The van der Waals surface area contributed by atoms with Crippen LogP contribution in [0.3, 0.4) is 0 Å². The van der Waals surface area contributed by atoms with Crippen LogP contribution in [-0.4, -0.2) is 35.8 Å². The van der Waals surface area contributed by atoms with Gasteiger partial charge in [-0.2, -0.15) is 0 Å². The summed E-state index contributed by atoms with van der Waals surface area (Å²) in [5.41, 5.74) is 2.25. The predicted octanol–water partition coefficient (Wildman–Crippen LogP) is 1.74. The van der Waals surface area contributed by atoms with Gasteiger partial charge in [-0.3, -0.25) is 4.90 Å². The summed E-state index contributed by atoms with van der Waals surface area (Å²) in [5, 5.41) is 8.60. The fourth-order valence-electron chi connectivity index (χ4n) is 3.20. The summed E-state index contributed by atoms with van der Waals surface area (Å²) >= 11 is 0. The van der Waals surface area contributed by atoms with E-state index in [0.717, 1.165) is 55.6 Å². The van der Waals surface area contributed by atoms with Gasteiger partial charge in [0.05, 0.1) is 24.1 Å². The number of rotatable bonds is 3. The van der Waals surface area contributed by atoms with E-state index in [0.29, 0.717) is 0 Å². The second kappa shape index (κ2) is 5.21. The van der Waals surface area contributed by atoms with Gasteiger partial charge in [-0.05, 0) is 12.1 Å². The summed E-state index contributed by atoms with van der Waals surface area (Å²) in [7, 11) is 2.09. The quantitative estimate of drug-likeness (QED) is 0.739. The summed E-state index contributed by atoms with van der Waals surface area (Å²) in [6.07, 6.45) is 0.942. The van der Waals surface area contributed by atoms with Crippen LogP contribution in [0.2, 0.25) is 0 Å². The van der Waals surface area contributed by atoms with Crippen LogP contribution in [0.1, 0.15) is 24.4 Å². The number of hydrogen-bond acceptors (Lipinski definition) is 4. The SMILES string of the molecule is CCc1nnc2n1CCN(Cc1nc3ccccc3n1C)C2. The van der Waals surface area contributed by atoms with Gasteiger partial charge in [0.1, 0.15) is 17.5 Å². The Labute approximate surface area is 129 Å². The molecule has 3 heterocycles. The molecule has 0 bridgehead atoms. The van der Waals surface area contributed by atoms with Crippen LogP contribution in [0, 0.1) is 0 Å². The molecule has 0 spiro atoms. The molecule has 0 radical (unpaired) electrons. The van der Waals surface area contributed by atoms with E-state index in [1.165, 1.54) is 5.52 Å². The van der Waals surface area contributed by atoms with Gasteiger partial charge in [-0.15, -0.1) is 10.2 Å². The maximum atomic E-state index is 4.76. The smallest absolute Gasteiger partial charge is 0.147 e. The van der Waals surface area contributed by atoms with E-state index in [-0.39, 0.29) is 0 Å². The molecule has 0 atom stereocenters. The molecule has 0 unspecified atom stereocenters. The number of hydrogen-bond donors (Lipinski definition) is 0. The van der Waals surface area contributed by atoms with Crippen LogP contribution >= 0.6 is 0 Å². The van der Waals surface area contributed by atoms with Gasteiger partial charge in [0.15, 0.2) is 0 Å². The van der Waals surface area contributed by atoms with Crippen LogP contribution < -0.4 is 0 Å². The number of para-hydroxylation sites is 2. The Morgan fingerprint density at radius 3 is 2.77 bits per heavy atom. The lowest BCUT2D eigenvalue weighted by atomic mass is 10.3. The number of aryl methyl sites for hydroxylation is 2. The second-order valence-corrected chi connectivity index (χ2v) is 5.82. The first-order valence-corrected chi connectivity index (χ1v) is 7.80. The highest BCUT2D eigenvalue weighted by Gasteiger charge is 2.21. The standard InChI is InChI=1S/C16H20N6/c1-3-14-18-19-16-11-21(8-9-22(14)16)10-15-17-12-6-4-5-7-13(12)20(15)2/h4-7H,3,8-11H2,1-2H3. The predicted molar refractivity (Wildman–Crippen MR) is 84.2 cm³/mol. The minimum absolute atomic E-state index is 0.843. The van der Waals surface area contributed by atoms with E-state index >= 15 is 0 Å². The molecule has 0 saturated heterocycles. The van der Waals surface area contributed by atoms with Gasteiger partial charge in [0.25, 0.3) is 0 Å². The molecule has 1 aromatic carbocycles. The molecule has 4 rings (SSSR count). The van der Waals surface area contributed by atoms with Gasteiger partial charge in [-0.1, -0.05) is 19.1 Å². The largest absolute Gasteiger partial charge is 0.330 e. The van der Waals surface area contributed by atoms with Crippen LogP contribution in [-0.2, 0) is 33.1 Å². The lowest BCUT2D eigenvalue weighted by molar-refractivity contribution is 0.201. The van der Waals surface area contributed by atoms with Crippen LogP contribution in [0.15, 0.2) is 24.3 Å². The molecule has 6 nitrogen and oxygen atoms in total. The molecule has 1 aliphatic heterocycles. The maximum Gasteiger partial charge on any atom is 0.147 e. The number of nitrogens with zero attached hydrogens (tertiary/aromatic N) is 6. The van der Waals surface area contributed by atoms with Crippen LogP contribution in [0.5, 0.6) is 0 Å². The van der Waals surface area contributed by atoms with Gasteiger partial charge in [0.2, 0.25) is 0 Å². The first kappa shape index (κ1) is 13.5. The lowest BCUT2D eigenvalue weighted by Gasteiger charge is -2.27. The van der Waals surface area contributed by atoms with E-state index in [9.17, 15) is 0 Å². The molecule has 0 N–H and O–H groups in total. The molecule has 0 aliphatic carbocycles. The van der Waals surface area contributed by atoms with E-state index in [1.54, 1.807) is 0 Å². The molecule has 0 saturated carbocycles. The van der Waals surface area contributed by atoms with Gasteiger partial charge < -0.3 is 9.13 Å². The van der Waals surface area contributed by atoms with Crippen molar-refractivity contribution in [2.24, 2.45) is 7.05 Å². The third-order valence-electron chi connectivity index (χ3n) is 4.47. The first-order chi connectivity index (χ1) is 10.8. The summed E-state index contributed by atoms with van der Waals surface area (Å²) in [6, 6.07) is 8.28. The van der Waals surface area contributed by atoms with Crippen molar-refractivity contribution >= 4 is 11.0 Å². The molecule has 0 fully saturated rings. The highest BCUT2D eigenvalue weighted by atomic mass is 15.3. The molecule has 6 heteroatoms. The van der Waals surface area contributed by atoms with Crippen molar-refractivity contribution in [3.63, 3.8) is 0 Å². The van der Waals surface area contributed by atoms with Crippen molar-refractivity contribution in [2.45, 2.75) is 33.0 Å². The monoisotopic (exact) mass is 296 g/mol. The highest BCUT2D eigenvalue weighted by Crippen LogP contribution is 2.18. The Hall–Kier alpha value is -2.21. The number of fused-ring (bicyclic) bond motifs is 2. The average molecular weight is 296 g/mol. The highest BCUT2D eigenvalue weighted by molar-refractivity contribution is 5.75. The van der Waals surface area contributed by atoms with E-state index < -0.39 is 0 Å². The zero-order chi connectivity index (χ0) is 15.1. The second-order valence-electron chi connectivity index (χ2n) is 5.82. The summed E-state index contributed by atoms with van der Waals surface area (Å²) in [5.74, 6) is 3.27. The molecular weight excluding hydrogens is 276 g/mol. The van der Waals surface area contributed by atoms with Crippen molar-refractivity contribution in [3.05, 3.63) is 41.7 Å². The number of aromatic nitrogens is 5. The fourth-order valence-corrected chi connectivity index (χ4v) is 3.20. The zero-order valence-corrected chi connectivity index (χ0v) is 13.0. The lowest BCUT2D eigenvalue weighted by Crippen LogP contribution is -2.34. The number of benzene rings is 1. The third-order valence-corrected chi connectivity index (χ3v) is 4.47. The summed E-state index contributed by atoms with van der Waals surface area (Å²) in [4.78, 5) is 7.16. The minimum atomic E-state index is 0.843. The zero-order valence-electron chi connectivity index (χ0n) is 13.0. The molecule has 114 valence electrons. The van der Waals surface area contributed by atoms with Crippen LogP contribution in [0.25, 0.3) is 11.0 Å². The maximum absolute atomic E-state index is 4.76. The Bertz CT molecular complexity index is 815. The van der Waals surface area contributed by atoms with E-state index in [4.69, 9.17) is 4.98 Å². The molecular formula is C16H20N6. The Morgan fingerprint density at radius 2 is 1.95 bits per heavy atom. The Balaban J connectivity index is 1.57. The van der Waals surface area contributed by atoms with E-state index in [2.05, 4.69) is 56.4 Å². The topological polar surface area (TPSA) is 51.8 Å². The van der Waals surface area contributed by atoms with Crippen LogP contribution in [0.4, 0.5) is 0 Å². The first-order valence-electron chi connectivity index (χ1n) is 7.80. The van der Waals surface area contributed by atoms with Crippen molar-refractivity contribution in [1.82, 2.24) is 29.2 Å². The molecule has 2 aromatic heterocycles. The fraction of sp³-hybridized carbons (Fsp3) is 0.438. The third kappa shape index (κ3) is 2.11. The molecule has 0 amide bonds. The van der Waals surface area contributed by atoms with Crippen molar-refractivity contribution in [3.8, 4) is 0 Å². The van der Waals surface area contributed by atoms with E-state index in [1.807, 2.05) is 6.07 Å². The molecule has 3 aromatic rings. The van der Waals surface area contributed by atoms with Gasteiger partial charge in [0, 0.05) is 26.6 Å². The summed E-state index contributed by atoms with van der Waals surface area (Å²) in [6.45, 7) is 5.80. The average Bonchev–Trinajstić information content (AvgIpc) is 3.09. The van der Waals surface area contributed by atoms with Gasteiger partial charge in [-0.25, -0.2) is 4.98 Å². The number of imidazole rings is 1. The molecule has 22 heavy (non-hydrogen) atoms. The Morgan fingerprint density at radius 1 is 1.09 bits per heavy atom. The molecule has 1 aliphatic rings. The van der Waals surface area contributed by atoms with Crippen molar-refractivity contribution < 1.29 is 0 Å². The minimum Gasteiger partial charge on any atom is -0.330 e. The Kier molecular flexibility index (Phi) is 3.18. The summed E-state index contributed by atoms with van der Waals surface area (Å²) < 4.78 is 4.44. The van der Waals surface area contributed by atoms with Crippen molar-refractivity contribution in [1.29, 1.82) is 0 Å². The normalized spacial score (nSPS) is 15.4.